The van der Waals surface area contributed by atoms with Crippen LogP contribution in [0.1, 0.15) is 53.4 Å². The molecule has 0 rings (SSSR count). The van der Waals surface area contributed by atoms with E-state index < -0.39 is 0 Å². The van der Waals surface area contributed by atoms with Crippen LogP contribution in [-0.2, 0) is 4.74 Å². The summed E-state index contributed by atoms with van der Waals surface area (Å²) in [6.07, 6.45) is 4.11. The highest BCUT2D eigenvalue weighted by atomic mass is 16.5. The van der Waals surface area contributed by atoms with Gasteiger partial charge in [0.15, 0.2) is 0 Å². The Morgan fingerprint density at radius 2 is 2.00 bits per heavy atom. The van der Waals surface area contributed by atoms with Gasteiger partial charge in [-0.3, -0.25) is 5.32 Å². The van der Waals surface area contributed by atoms with Crippen LogP contribution in [0.2, 0.25) is 0 Å². The van der Waals surface area contributed by atoms with Crippen molar-refractivity contribution >= 4 is 0 Å². The van der Waals surface area contributed by atoms with Crippen molar-refractivity contribution in [2.45, 2.75) is 58.9 Å². The minimum Gasteiger partial charge on any atom is -0.381 e. The van der Waals surface area contributed by atoms with Crippen molar-refractivity contribution in [2.75, 3.05) is 19.8 Å². The Kier molecular flexibility index (Phi) is 9.11. The van der Waals surface area contributed by atoms with Crippen molar-refractivity contribution in [1.29, 1.82) is 5.26 Å². The lowest BCUT2D eigenvalue weighted by atomic mass is 9.97. The number of hydrogen-bond donors (Lipinski definition) is 1. The van der Waals surface area contributed by atoms with Gasteiger partial charge in [0.05, 0.1) is 6.07 Å². The molecule has 0 heterocycles. The van der Waals surface area contributed by atoms with E-state index in [2.05, 4.69) is 25.2 Å². The van der Waals surface area contributed by atoms with Crippen LogP contribution in [-0.4, -0.2) is 25.3 Å². The molecule has 0 aromatic heterocycles. The Labute approximate surface area is 107 Å². The van der Waals surface area contributed by atoms with Gasteiger partial charge in [0, 0.05) is 13.2 Å². The Bertz CT molecular complexity index is 223. The largest absolute Gasteiger partial charge is 0.381 e. The fraction of sp³-hybridized carbons (Fsp3) is 0.929. The van der Waals surface area contributed by atoms with Gasteiger partial charge in [-0.05, 0) is 45.1 Å². The fourth-order valence-corrected chi connectivity index (χ4v) is 1.68. The second-order valence-corrected chi connectivity index (χ2v) is 5.23. The van der Waals surface area contributed by atoms with Crippen LogP contribution in [0.25, 0.3) is 0 Å². The number of hydrogen-bond acceptors (Lipinski definition) is 3. The van der Waals surface area contributed by atoms with E-state index >= 15 is 0 Å². The first-order chi connectivity index (χ1) is 8.04. The summed E-state index contributed by atoms with van der Waals surface area (Å²) in [5.74, 6) is 0.714. The molecule has 3 nitrogen and oxygen atoms in total. The van der Waals surface area contributed by atoms with E-state index in [1.165, 1.54) is 0 Å². The number of ether oxygens (including phenoxy) is 1. The van der Waals surface area contributed by atoms with E-state index in [0.717, 1.165) is 45.4 Å². The van der Waals surface area contributed by atoms with Gasteiger partial charge in [0.1, 0.15) is 5.54 Å². The molecule has 0 aliphatic carbocycles. The monoisotopic (exact) mass is 240 g/mol. The van der Waals surface area contributed by atoms with Gasteiger partial charge in [-0.2, -0.15) is 5.26 Å². The van der Waals surface area contributed by atoms with Crippen LogP contribution in [0.3, 0.4) is 0 Å². The van der Waals surface area contributed by atoms with Crippen LogP contribution in [0.5, 0.6) is 0 Å². The number of rotatable bonds is 10. The van der Waals surface area contributed by atoms with Gasteiger partial charge in [-0.15, -0.1) is 0 Å². The topological polar surface area (TPSA) is 45.0 Å². The molecule has 0 fully saturated rings. The highest BCUT2D eigenvalue weighted by molar-refractivity contribution is 5.03. The normalized spacial score (nSPS) is 14.6. The Morgan fingerprint density at radius 3 is 2.53 bits per heavy atom. The molecular weight excluding hydrogens is 212 g/mol. The van der Waals surface area contributed by atoms with Crippen LogP contribution < -0.4 is 5.32 Å². The average molecular weight is 240 g/mol. The van der Waals surface area contributed by atoms with Crippen LogP contribution in [0.15, 0.2) is 0 Å². The predicted molar refractivity (Wildman–Crippen MR) is 71.8 cm³/mol. The van der Waals surface area contributed by atoms with E-state index in [0.29, 0.717) is 5.92 Å². The van der Waals surface area contributed by atoms with Gasteiger partial charge in [-0.25, -0.2) is 0 Å². The summed E-state index contributed by atoms with van der Waals surface area (Å²) in [6.45, 7) is 10.9. The molecule has 0 radical (unpaired) electrons. The van der Waals surface area contributed by atoms with Crippen molar-refractivity contribution in [3.8, 4) is 6.07 Å². The Balaban J connectivity index is 3.47. The second kappa shape index (κ2) is 9.44. The Morgan fingerprint density at radius 1 is 1.29 bits per heavy atom. The molecule has 0 spiro atoms. The number of nitrogens with zero attached hydrogens (tertiary/aromatic N) is 1. The predicted octanol–water partition coefficient (Wildman–Crippen LogP) is 3.11. The van der Waals surface area contributed by atoms with Crippen molar-refractivity contribution in [1.82, 2.24) is 5.32 Å². The molecule has 0 aliphatic rings. The summed E-state index contributed by atoms with van der Waals surface area (Å²) in [4.78, 5) is 0. The highest BCUT2D eigenvalue weighted by Crippen LogP contribution is 2.12. The van der Waals surface area contributed by atoms with E-state index in [-0.39, 0.29) is 5.54 Å². The average Bonchev–Trinajstić information content (AvgIpc) is 2.28. The third-order valence-electron chi connectivity index (χ3n) is 2.87. The first-order valence-electron chi connectivity index (χ1n) is 6.78. The lowest BCUT2D eigenvalue weighted by molar-refractivity contribution is 0.118. The second-order valence-electron chi connectivity index (χ2n) is 5.23. The smallest absolute Gasteiger partial charge is 0.103 e. The third kappa shape index (κ3) is 9.14. The summed E-state index contributed by atoms with van der Waals surface area (Å²) in [7, 11) is 0. The molecule has 1 N–H and O–H groups in total. The molecule has 0 amide bonds. The van der Waals surface area contributed by atoms with Crippen molar-refractivity contribution < 1.29 is 4.74 Å². The zero-order valence-electron chi connectivity index (χ0n) is 11.9. The molecule has 1 atom stereocenters. The van der Waals surface area contributed by atoms with Gasteiger partial charge in [-0.1, -0.05) is 20.8 Å². The first kappa shape index (κ1) is 16.4. The molecule has 0 aromatic carbocycles. The zero-order valence-corrected chi connectivity index (χ0v) is 11.9. The van der Waals surface area contributed by atoms with Crippen LogP contribution in [0, 0.1) is 17.2 Å². The summed E-state index contributed by atoms with van der Waals surface area (Å²) in [5, 5.41) is 12.3. The van der Waals surface area contributed by atoms with Crippen molar-refractivity contribution in [3.63, 3.8) is 0 Å². The minimum absolute atomic E-state index is 0.368. The van der Waals surface area contributed by atoms with E-state index in [9.17, 15) is 0 Å². The molecule has 0 bridgehead atoms. The van der Waals surface area contributed by atoms with Gasteiger partial charge in [0.25, 0.3) is 0 Å². The fourth-order valence-electron chi connectivity index (χ4n) is 1.68. The zero-order chi connectivity index (χ0) is 13.1. The molecule has 0 saturated heterocycles. The van der Waals surface area contributed by atoms with Gasteiger partial charge < -0.3 is 4.74 Å². The summed E-state index contributed by atoms with van der Waals surface area (Å²) in [6, 6.07) is 2.34. The summed E-state index contributed by atoms with van der Waals surface area (Å²) < 4.78 is 5.55. The molecule has 17 heavy (non-hydrogen) atoms. The summed E-state index contributed by atoms with van der Waals surface area (Å²) >= 11 is 0. The quantitative estimate of drug-likeness (QED) is 0.597. The van der Waals surface area contributed by atoms with Crippen molar-refractivity contribution in [3.05, 3.63) is 0 Å². The van der Waals surface area contributed by atoms with Crippen molar-refractivity contribution in [2.24, 2.45) is 5.92 Å². The number of nitrogens with one attached hydrogen (secondary N) is 1. The molecule has 0 aromatic rings. The number of unbranched alkanes of at least 4 members (excludes halogenated alkanes) is 1. The molecule has 0 aliphatic heterocycles. The number of nitriles is 1. The minimum atomic E-state index is -0.368. The van der Waals surface area contributed by atoms with E-state index in [1.807, 2.05) is 13.8 Å². The maximum atomic E-state index is 9.07. The van der Waals surface area contributed by atoms with Gasteiger partial charge >= 0.3 is 0 Å². The molecular formula is C14H28N2O. The van der Waals surface area contributed by atoms with Gasteiger partial charge in [0.2, 0.25) is 0 Å². The summed E-state index contributed by atoms with van der Waals surface area (Å²) in [5.41, 5.74) is -0.368. The lowest BCUT2D eigenvalue weighted by Crippen LogP contribution is -2.40. The van der Waals surface area contributed by atoms with Crippen LogP contribution >= 0.6 is 0 Å². The SMILES string of the molecule is CCNC(C)(C#N)CCCCOCCC(C)C. The van der Waals surface area contributed by atoms with Crippen LogP contribution in [0.4, 0.5) is 0 Å². The van der Waals surface area contributed by atoms with E-state index in [4.69, 9.17) is 10.00 Å². The molecule has 1 unspecified atom stereocenters. The molecule has 100 valence electrons. The molecule has 3 heteroatoms. The van der Waals surface area contributed by atoms with E-state index in [1.54, 1.807) is 0 Å². The molecule has 0 saturated carbocycles. The first-order valence-corrected chi connectivity index (χ1v) is 6.78. The third-order valence-corrected chi connectivity index (χ3v) is 2.87. The lowest BCUT2D eigenvalue weighted by Gasteiger charge is -2.22. The highest BCUT2D eigenvalue weighted by Gasteiger charge is 2.20. The maximum absolute atomic E-state index is 9.07. The standard InChI is InChI=1S/C14H28N2O/c1-5-16-14(4,12-15)9-6-7-10-17-11-8-13(2)3/h13,16H,5-11H2,1-4H3. The Hall–Kier alpha value is -0.590. The maximum Gasteiger partial charge on any atom is 0.103 e.